The highest BCUT2D eigenvalue weighted by Gasteiger charge is 2.30. The quantitative estimate of drug-likeness (QED) is 0.856. The van der Waals surface area contributed by atoms with Crippen LogP contribution < -0.4 is 0 Å². The van der Waals surface area contributed by atoms with Gasteiger partial charge in [0.1, 0.15) is 6.04 Å². The summed E-state index contributed by atoms with van der Waals surface area (Å²) in [6, 6.07) is 3.74. The fourth-order valence-corrected chi connectivity index (χ4v) is 3.38. The van der Waals surface area contributed by atoms with Gasteiger partial charge in [0.15, 0.2) is 0 Å². The van der Waals surface area contributed by atoms with Crippen LogP contribution in [-0.4, -0.2) is 33.6 Å². The average Bonchev–Trinajstić information content (AvgIpc) is 2.75. The van der Waals surface area contributed by atoms with Crippen LogP contribution in [0.25, 0.3) is 0 Å². The molecule has 76 valence electrons. The molecule has 1 atom stereocenters. The lowest BCUT2D eigenvalue weighted by Gasteiger charge is -2.18. The predicted molar refractivity (Wildman–Crippen MR) is 58.6 cm³/mol. The Labute approximate surface area is 90.7 Å². The number of carboxylic acids is 1. The number of rotatable bonds is 3. The van der Waals surface area contributed by atoms with Crippen molar-refractivity contribution in [1.29, 1.82) is 0 Å². The van der Waals surface area contributed by atoms with Crippen LogP contribution in [0.2, 0.25) is 0 Å². The van der Waals surface area contributed by atoms with Crippen molar-refractivity contribution in [1.82, 2.24) is 4.90 Å². The third-order valence-corrected chi connectivity index (χ3v) is 4.12. The first-order valence-electron chi connectivity index (χ1n) is 4.34. The third-order valence-electron chi connectivity index (χ3n) is 2.20. The van der Waals surface area contributed by atoms with Gasteiger partial charge in [-0.1, -0.05) is 6.07 Å². The van der Waals surface area contributed by atoms with E-state index in [0.717, 1.165) is 12.4 Å². The first-order valence-corrected chi connectivity index (χ1v) is 6.38. The van der Waals surface area contributed by atoms with Gasteiger partial charge in [-0.25, -0.2) is 0 Å². The Balaban J connectivity index is 2.00. The van der Waals surface area contributed by atoms with E-state index in [1.54, 1.807) is 23.1 Å². The van der Waals surface area contributed by atoms with Gasteiger partial charge in [0, 0.05) is 23.1 Å². The summed E-state index contributed by atoms with van der Waals surface area (Å²) in [7, 11) is 0. The minimum Gasteiger partial charge on any atom is -0.480 e. The standard InChI is InChI=1S/C9H11NO2S2/c11-9(12)8-5-13-6-10(8)4-7-2-1-3-14-7/h1-3,8H,4-6H2,(H,11,12). The molecule has 1 saturated heterocycles. The van der Waals surface area contributed by atoms with Crippen molar-refractivity contribution in [2.75, 3.05) is 11.6 Å². The molecule has 1 aliphatic heterocycles. The monoisotopic (exact) mass is 229 g/mol. The van der Waals surface area contributed by atoms with Crippen molar-refractivity contribution < 1.29 is 9.90 Å². The second kappa shape index (κ2) is 4.33. The van der Waals surface area contributed by atoms with Gasteiger partial charge in [-0.15, -0.1) is 23.1 Å². The van der Waals surface area contributed by atoms with Crippen LogP contribution in [0.4, 0.5) is 0 Å². The van der Waals surface area contributed by atoms with Crippen LogP contribution in [0, 0.1) is 0 Å². The topological polar surface area (TPSA) is 40.5 Å². The molecule has 0 radical (unpaired) electrons. The first-order chi connectivity index (χ1) is 6.77. The first kappa shape index (κ1) is 10.0. The predicted octanol–water partition coefficient (Wildman–Crippen LogP) is 1.71. The van der Waals surface area contributed by atoms with Gasteiger partial charge < -0.3 is 5.11 Å². The van der Waals surface area contributed by atoms with Crippen molar-refractivity contribution >= 4 is 29.1 Å². The minimum atomic E-state index is -0.702. The fourth-order valence-electron chi connectivity index (χ4n) is 1.46. The molecule has 3 nitrogen and oxygen atoms in total. The van der Waals surface area contributed by atoms with E-state index in [9.17, 15) is 4.79 Å². The van der Waals surface area contributed by atoms with Gasteiger partial charge in [0.05, 0.1) is 0 Å². The molecule has 1 unspecified atom stereocenters. The number of thioether (sulfide) groups is 1. The minimum absolute atomic E-state index is 0.304. The summed E-state index contributed by atoms with van der Waals surface area (Å²) in [5.74, 6) is 0.835. The molecule has 1 aliphatic rings. The summed E-state index contributed by atoms with van der Waals surface area (Å²) in [5.41, 5.74) is 0. The van der Waals surface area contributed by atoms with Crippen LogP contribution in [-0.2, 0) is 11.3 Å². The van der Waals surface area contributed by atoms with Gasteiger partial charge in [0.25, 0.3) is 0 Å². The van der Waals surface area contributed by atoms with Crippen LogP contribution in [0.3, 0.4) is 0 Å². The number of carbonyl (C=O) groups is 1. The van der Waals surface area contributed by atoms with E-state index in [-0.39, 0.29) is 6.04 Å². The maximum absolute atomic E-state index is 10.9. The summed E-state index contributed by atoms with van der Waals surface area (Å²) in [6.45, 7) is 0.766. The molecule has 14 heavy (non-hydrogen) atoms. The van der Waals surface area contributed by atoms with E-state index in [0.29, 0.717) is 5.75 Å². The number of hydrogen-bond acceptors (Lipinski definition) is 4. The van der Waals surface area contributed by atoms with Crippen molar-refractivity contribution in [3.05, 3.63) is 22.4 Å². The lowest BCUT2D eigenvalue weighted by Crippen LogP contribution is -2.36. The molecule has 0 aliphatic carbocycles. The fraction of sp³-hybridized carbons (Fsp3) is 0.444. The summed E-state index contributed by atoms with van der Waals surface area (Å²) >= 11 is 3.37. The van der Waals surface area contributed by atoms with Crippen molar-refractivity contribution in [2.45, 2.75) is 12.6 Å². The Kier molecular flexibility index (Phi) is 3.10. The largest absolute Gasteiger partial charge is 0.480 e. The molecule has 5 heteroatoms. The molecule has 0 saturated carbocycles. The molecule has 1 aromatic heterocycles. The lowest BCUT2D eigenvalue weighted by atomic mass is 10.3. The lowest BCUT2D eigenvalue weighted by molar-refractivity contribution is -0.141. The normalized spacial score (nSPS) is 22.7. The van der Waals surface area contributed by atoms with Gasteiger partial charge >= 0.3 is 5.97 Å². The Bertz CT molecular complexity index is 313. The maximum Gasteiger partial charge on any atom is 0.321 e. The molecular formula is C9H11NO2S2. The number of thiophene rings is 1. The molecule has 1 N–H and O–H groups in total. The van der Waals surface area contributed by atoms with Crippen molar-refractivity contribution in [2.24, 2.45) is 0 Å². The second-order valence-corrected chi connectivity index (χ2v) is 5.21. The Morgan fingerprint density at radius 1 is 1.71 bits per heavy atom. The molecule has 0 bridgehead atoms. The number of hydrogen-bond donors (Lipinski definition) is 1. The van der Waals surface area contributed by atoms with E-state index in [4.69, 9.17) is 5.11 Å². The van der Waals surface area contributed by atoms with E-state index in [1.165, 1.54) is 4.88 Å². The molecule has 2 heterocycles. The van der Waals surface area contributed by atoms with E-state index in [2.05, 4.69) is 0 Å². The van der Waals surface area contributed by atoms with Crippen LogP contribution >= 0.6 is 23.1 Å². The average molecular weight is 229 g/mol. The van der Waals surface area contributed by atoms with Gasteiger partial charge in [-0.2, -0.15) is 0 Å². The summed E-state index contributed by atoms with van der Waals surface area (Å²) < 4.78 is 0. The third kappa shape index (κ3) is 2.10. The molecule has 2 rings (SSSR count). The van der Waals surface area contributed by atoms with E-state index in [1.807, 2.05) is 22.4 Å². The zero-order chi connectivity index (χ0) is 9.97. The van der Waals surface area contributed by atoms with E-state index >= 15 is 0 Å². The second-order valence-electron chi connectivity index (χ2n) is 3.18. The molecule has 1 aromatic rings. The molecular weight excluding hydrogens is 218 g/mol. The Morgan fingerprint density at radius 3 is 3.21 bits per heavy atom. The highest BCUT2D eigenvalue weighted by molar-refractivity contribution is 7.99. The number of aliphatic carboxylic acids is 1. The highest BCUT2D eigenvalue weighted by Crippen LogP contribution is 2.24. The Morgan fingerprint density at radius 2 is 2.57 bits per heavy atom. The summed E-state index contributed by atoms with van der Waals surface area (Å²) in [6.07, 6.45) is 0. The van der Waals surface area contributed by atoms with Crippen LogP contribution in [0.15, 0.2) is 17.5 Å². The SMILES string of the molecule is O=C(O)C1CSCN1Cc1cccs1. The number of nitrogens with zero attached hydrogens (tertiary/aromatic N) is 1. The zero-order valence-corrected chi connectivity index (χ0v) is 9.18. The van der Waals surface area contributed by atoms with Gasteiger partial charge in [-0.3, -0.25) is 9.69 Å². The van der Waals surface area contributed by atoms with E-state index < -0.39 is 5.97 Å². The molecule has 0 spiro atoms. The molecule has 1 fully saturated rings. The zero-order valence-electron chi connectivity index (χ0n) is 7.55. The summed E-state index contributed by atoms with van der Waals surface area (Å²) in [4.78, 5) is 14.1. The van der Waals surface area contributed by atoms with Gasteiger partial charge in [0.2, 0.25) is 0 Å². The van der Waals surface area contributed by atoms with Crippen LogP contribution in [0.5, 0.6) is 0 Å². The Hall–Kier alpha value is -0.520. The molecule has 0 amide bonds. The van der Waals surface area contributed by atoms with Gasteiger partial charge in [-0.05, 0) is 11.4 Å². The maximum atomic E-state index is 10.9. The van der Waals surface area contributed by atoms with Crippen LogP contribution in [0.1, 0.15) is 4.88 Å². The molecule has 0 aromatic carbocycles. The van der Waals surface area contributed by atoms with Crippen molar-refractivity contribution in [3.8, 4) is 0 Å². The van der Waals surface area contributed by atoms with Crippen molar-refractivity contribution in [3.63, 3.8) is 0 Å². The number of carboxylic acid groups (broad SMARTS) is 1. The summed E-state index contributed by atoms with van der Waals surface area (Å²) in [5, 5.41) is 11.0. The highest BCUT2D eigenvalue weighted by atomic mass is 32.2. The smallest absolute Gasteiger partial charge is 0.321 e.